The molecule has 0 atom stereocenters. The number of nitrogens with one attached hydrogen (secondary N) is 1. The average Bonchev–Trinajstić information content (AvgIpc) is 2.76. The summed E-state index contributed by atoms with van der Waals surface area (Å²) in [7, 11) is 0. The van der Waals surface area contributed by atoms with Crippen molar-refractivity contribution in [3.05, 3.63) is 29.1 Å². The van der Waals surface area contributed by atoms with Crippen molar-refractivity contribution >= 4 is 33.0 Å². The Bertz CT molecular complexity index is 625. The minimum Gasteiger partial charge on any atom is -0.397 e. The van der Waals surface area contributed by atoms with Crippen LogP contribution in [-0.2, 0) is 0 Å². The maximum Gasteiger partial charge on any atom is 0.263 e. The summed E-state index contributed by atoms with van der Waals surface area (Å²) in [5.74, 6) is 2.49. The van der Waals surface area contributed by atoms with Crippen LogP contribution in [0.2, 0.25) is 0 Å². The van der Waals surface area contributed by atoms with Gasteiger partial charge in [0, 0.05) is 23.1 Å². The van der Waals surface area contributed by atoms with Gasteiger partial charge in [0.25, 0.3) is 5.91 Å². The molecular weight excluding hydrogens is 256 g/mol. The molecule has 0 radical (unpaired) electrons. The summed E-state index contributed by atoms with van der Waals surface area (Å²) in [6.45, 7) is 0.633. The number of nitrogen functional groups attached to an aromatic ring is 1. The number of rotatable bonds is 5. The molecule has 1 aromatic carbocycles. The maximum atomic E-state index is 12.0. The standard InChI is InChI=1S/C15H16N2OS/c1-2-3-4-7-10-17-15(18)14-13(16)11-8-5-6-9-12(11)19-14/h1,5-6,8-9H,3-4,7,10,16H2,(H,17,18). The third kappa shape index (κ3) is 3.07. The Morgan fingerprint density at radius 2 is 2.16 bits per heavy atom. The van der Waals surface area contributed by atoms with Crippen molar-refractivity contribution in [3.63, 3.8) is 0 Å². The number of hydrogen-bond acceptors (Lipinski definition) is 3. The molecule has 4 heteroatoms. The van der Waals surface area contributed by atoms with Gasteiger partial charge in [-0.05, 0) is 18.9 Å². The highest BCUT2D eigenvalue weighted by Crippen LogP contribution is 2.33. The molecule has 0 spiro atoms. The Kier molecular flexibility index (Phi) is 4.43. The van der Waals surface area contributed by atoms with Gasteiger partial charge in [-0.2, -0.15) is 0 Å². The Hall–Kier alpha value is -1.99. The Morgan fingerprint density at radius 3 is 2.89 bits per heavy atom. The molecule has 2 aromatic rings. The summed E-state index contributed by atoms with van der Waals surface area (Å²) in [6, 6.07) is 7.78. The van der Waals surface area contributed by atoms with Crippen LogP contribution in [0.15, 0.2) is 24.3 Å². The first kappa shape index (κ1) is 13.4. The van der Waals surface area contributed by atoms with Crippen LogP contribution in [-0.4, -0.2) is 12.5 Å². The number of fused-ring (bicyclic) bond motifs is 1. The number of amides is 1. The van der Waals surface area contributed by atoms with E-state index in [1.165, 1.54) is 11.3 Å². The lowest BCUT2D eigenvalue weighted by molar-refractivity contribution is 0.0958. The molecular formula is C15H16N2OS. The number of carbonyl (C=O) groups is 1. The zero-order chi connectivity index (χ0) is 13.7. The number of carbonyl (C=O) groups excluding carboxylic acids is 1. The van der Waals surface area contributed by atoms with Gasteiger partial charge in [-0.3, -0.25) is 4.79 Å². The number of benzene rings is 1. The fraction of sp³-hybridized carbons (Fsp3) is 0.267. The summed E-state index contributed by atoms with van der Waals surface area (Å²) in [5.41, 5.74) is 6.59. The van der Waals surface area contributed by atoms with E-state index in [0.717, 1.165) is 29.3 Å². The first-order chi connectivity index (χ1) is 9.24. The molecule has 0 aliphatic carbocycles. The second kappa shape index (κ2) is 6.26. The molecule has 0 saturated heterocycles. The second-order valence-electron chi connectivity index (χ2n) is 4.26. The topological polar surface area (TPSA) is 55.1 Å². The molecule has 0 bridgehead atoms. The first-order valence-corrected chi connectivity index (χ1v) is 7.04. The van der Waals surface area contributed by atoms with Crippen LogP contribution in [0.1, 0.15) is 28.9 Å². The van der Waals surface area contributed by atoms with Crippen LogP contribution in [0.5, 0.6) is 0 Å². The monoisotopic (exact) mass is 272 g/mol. The molecule has 1 aromatic heterocycles. The number of hydrogen-bond donors (Lipinski definition) is 2. The van der Waals surface area contributed by atoms with Crippen LogP contribution >= 0.6 is 11.3 Å². The van der Waals surface area contributed by atoms with E-state index in [2.05, 4.69) is 11.2 Å². The molecule has 2 rings (SSSR count). The summed E-state index contributed by atoms with van der Waals surface area (Å²) in [4.78, 5) is 12.6. The lowest BCUT2D eigenvalue weighted by atomic mass is 10.2. The normalized spacial score (nSPS) is 10.3. The number of nitrogens with two attached hydrogens (primary N) is 1. The molecule has 0 aliphatic rings. The summed E-state index contributed by atoms with van der Waals surface area (Å²) in [5, 5.41) is 3.83. The number of unbranched alkanes of at least 4 members (excludes halogenated alkanes) is 2. The smallest absolute Gasteiger partial charge is 0.263 e. The highest BCUT2D eigenvalue weighted by atomic mass is 32.1. The van der Waals surface area contributed by atoms with Crippen molar-refractivity contribution in [1.29, 1.82) is 0 Å². The highest BCUT2D eigenvalue weighted by molar-refractivity contribution is 7.21. The molecule has 3 N–H and O–H groups in total. The Morgan fingerprint density at radius 1 is 1.37 bits per heavy atom. The number of terminal acetylenes is 1. The Balaban J connectivity index is 2.02. The van der Waals surface area contributed by atoms with Gasteiger partial charge >= 0.3 is 0 Å². The quantitative estimate of drug-likeness (QED) is 0.649. The average molecular weight is 272 g/mol. The zero-order valence-corrected chi connectivity index (χ0v) is 11.4. The molecule has 0 aliphatic heterocycles. The van der Waals surface area contributed by atoms with Crippen LogP contribution in [0.4, 0.5) is 5.69 Å². The maximum absolute atomic E-state index is 12.0. The van der Waals surface area contributed by atoms with Gasteiger partial charge in [0.15, 0.2) is 0 Å². The van der Waals surface area contributed by atoms with E-state index in [-0.39, 0.29) is 5.91 Å². The third-order valence-electron chi connectivity index (χ3n) is 2.87. The van der Waals surface area contributed by atoms with Crippen LogP contribution in [0.3, 0.4) is 0 Å². The van der Waals surface area contributed by atoms with E-state index in [1.54, 1.807) is 0 Å². The van der Waals surface area contributed by atoms with Gasteiger partial charge in [0.05, 0.1) is 5.69 Å². The minimum absolute atomic E-state index is 0.0978. The second-order valence-corrected chi connectivity index (χ2v) is 5.31. The fourth-order valence-corrected chi connectivity index (χ4v) is 2.91. The van der Waals surface area contributed by atoms with E-state index >= 15 is 0 Å². The largest absolute Gasteiger partial charge is 0.397 e. The van der Waals surface area contributed by atoms with Crippen molar-refractivity contribution in [2.45, 2.75) is 19.3 Å². The van der Waals surface area contributed by atoms with E-state index in [9.17, 15) is 4.79 Å². The molecule has 3 nitrogen and oxygen atoms in total. The molecule has 1 heterocycles. The molecule has 0 fully saturated rings. The molecule has 98 valence electrons. The van der Waals surface area contributed by atoms with Gasteiger partial charge < -0.3 is 11.1 Å². The zero-order valence-electron chi connectivity index (χ0n) is 10.6. The van der Waals surface area contributed by atoms with Crippen LogP contribution < -0.4 is 11.1 Å². The lowest BCUT2D eigenvalue weighted by Crippen LogP contribution is -2.24. The van der Waals surface area contributed by atoms with Crippen molar-refractivity contribution < 1.29 is 4.79 Å². The number of thiophene rings is 1. The third-order valence-corrected chi connectivity index (χ3v) is 4.06. The van der Waals surface area contributed by atoms with Crippen LogP contribution in [0, 0.1) is 12.3 Å². The SMILES string of the molecule is C#CCCCCNC(=O)c1sc2ccccc2c1N. The van der Waals surface area contributed by atoms with Gasteiger partial charge in [-0.1, -0.05) is 18.2 Å². The molecule has 0 unspecified atom stereocenters. The van der Waals surface area contributed by atoms with E-state index < -0.39 is 0 Å². The minimum atomic E-state index is -0.0978. The van der Waals surface area contributed by atoms with Gasteiger partial charge in [-0.25, -0.2) is 0 Å². The summed E-state index contributed by atoms with van der Waals surface area (Å²) >= 11 is 1.43. The van der Waals surface area contributed by atoms with E-state index in [1.807, 2.05) is 24.3 Å². The van der Waals surface area contributed by atoms with Crippen molar-refractivity contribution in [3.8, 4) is 12.3 Å². The first-order valence-electron chi connectivity index (χ1n) is 6.22. The summed E-state index contributed by atoms with van der Waals surface area (Å²) in [6.07, 6.45) is 7.74. The van der Waals surface area contributed by atoms with Crippen molar-refractivity contribution in [1.82, 2.24) is 5.32 Å². The van der Waals surface area contributed by atoms with Gasteiger partial charge in [0.1, 0.15) is 4.88 Å². The van der Waals surface area contributed by atoms with Crippen molar-refractivity contribution in [2.75, 3.05) is 12.3 Å². The highest BCUT2D eigenvalue weighted by Gasteiger charge is 2.15. The molecule has 19 heavy (non-hydrogen) atoms. The van der Waals surface area contributed by atoms with Gasteiger partial charge in [-0.15, -0.1) is 23.7 Å². The molecule has 1 amide bonds. The predicted molar refractivity (Wildman–Crippen MR) is 81.3 cm³/mol. The number of anilines is 1. The molecule has 0 saturated carbocycles. The van der Waals surface area contributed by atoms with Crippen molar-refractivity contribution in [2.24, 2.45) is 0 Å². The van der Waals surface area contributed by atoms with Crippen LogP contribution in [0.25, 0.3) is 10.1 Å². The summed E-state index contributed by atoms with van der Waals surface area (Å²) < 4.78 is 1.04. The lowest BCUT2D eigenvalue weighted by Gasteiger charge is -2.03. The van der Waals surface area contributed by atoms with Gasteiger partial charge in [0.2, 0.25) is 0 Å². The predicted octanol–water partition coefficient (Wildman–Crippen LogP) is 3.02. The fourth-order valence-electron chi connectivity index (χ4n) is 1.87. The van der Waals surface area contributed by atoms with E-state index in [0.29, 0.717) is 17.1 Å². The Labute approximate surface area is 116 Å². The van der Waals surface area contributed by atoms with E-state index in [4.69, 9.17) is 12.2 Å².